The normalized spacial score (nSPS) is 11.4. The van der Waals surface area contributed by atoms with Crippen molar-refractivity contribution in [3.05, 3.63) is 71.6 Å². The molecule has 4 rings (SSSR count). The van der Waals surface area contributed by atoms with Crippen molar-refractivity contribution in [3.8, 4) is 22.7 Å². The van der Waals surface area contributed by atoms with E-state index in [9.17, 15) is 23.1 Å². The van der Waals surface area contributed by atoms with Crippen LogP contribution in [0.25, 0.3) is 16.9 Å². The maximum absolute atomic E-state index is 12.7. The number of alkyl halides is 3. The van der Waals surface area contributed by atoms with Crippen LogP contribution in [-0.2, 0) is 6.42 Å². The van der Waals surface area contributed by atoms with Crippen molar-refractivity contribution in [1.82, 2.24) is 24.7 Å². The molecule has 0 aliphatic heterocycles. The van der Waals surface area contributed by atoms with E-state index in [1.165, 1.54) is 10.7 Å². The average Bonchev–Trinajstić information content (AvgIpc) is 3.19. The van der Waals surface area contributed by atoms with Crippen molar-refractivity contribution >= 4 is 17.5 Å². The highest BCUT2D eigenvalue weighted by Gasteiger charge is 2.32. The molecule has 0 fully saturated rings. The predicted octanol–water partition coefficient (Wildman–Crippen LogP) is 5.24. The zero-order chi connectivity index (χ0) is 26.0. The van der Waals surface area contributed by atoms with Crippen LogP contribution < -0.4 is 10.1 Å². The van der Waals surface area contributed by atoms with Crippen LogP contribution in [0.3, 0.4) is 0 Å². The summed E-state index contributed by atoms with van der Waals surface area (Å²) < 4.78 is 43.5. The second kappa shape index (κ2) is 9.64. The minimum Gasteiger partial charge on any atom is -0.478 e. The Morgan fingerprint density at radius 3 is 2.61 bits per heavy atom. The molecule has 2 N–H and O–H groups in total. The minimum atomic E-state index is -4.96. The first-order valence-corrected chi connectivity index (χ1v) is 10.8. The standard InChI is InChI=1S/C24H21F3N6O3/c1-4-18-20(15-6-5-9-28-12-15)22(33(32-18)21-14(3)29-11-13(2)30-21)31-19-8-7-16(36-24(25,26)27)10-17(19)23(34)35/h5-12,31H,4H2,1-3H3,(H,34,35). The van der Waals surface area contributed by atoms with Gasteiger partial charge in [-0.3, -0.25) is 9.97 Å². The number of carboxylic acid groups (broad SMARTS) is 1. The van der Waals surface area contributed by atoms with Crippen LogP contribution in [0.4, 0.5) is 24.7 Å². The summed E-state index contributed by atoms with van der Waals surface area (Å²) in [6.07, 6.45) is 0.423. The van der Waals surface area contributed by atoms with E-state index in [2.05, 4.69) is 25.0 Å². The number of ether oxygens (including phenoxy) is 1. The highest BCUT2D eigenvalue weighted by Crippen LogP contribution is 2.37. The molecule has 0 unspecified atom stereocenters. The number of benzene rings is 1. The van der Waals surface area contributed by atoms with Crippen molar-refractivity contribution in [2.24, 2.45) is 0 Å². The lowest BCUT2D eigenvalue weighted by Crippen LogP contribution is -2.17. The molecule has 3 heterocycles. The van der Waals surface area contributed by atoms with E-state index in [1.54, 1.807) is 38.5 Å². The van der Waals surface area contributed by atoms with E-state index in [0.29, 0.717) is 46.3 Å². The van der Waals surface area contributed by atoms with Crippen molar-refractivity contribution in [2.45, 2.75) is 33.6 Å². The fraction of sp³-hybridized carbons (Fsp3) is 0.208. The third-order valence-electron chi connectivity index (χ3n) is 5.20. The molecule has 0 saturated carbocycles. The van der Waals surface area contributed by atoms with Gasteiger partial charge < -0.3 is 15.2 Å². The molecule has 0 aliphatic carbocycles. The Bertz CT molecular complexity index is 1420. The molecule has 0 bridgehead atoms. The summed E-state index contributed by atoms with van der Waals surface area (Å²) in [6, 6.07) is 6.62. The van der Waals surface area contributed by atoms with Gasteiger partial charge >= 0.3 is 12.3 Å². The monoisotopic (exact) mass is 498 g/mol. The fourth-order valence-electron chi connectivity index (χ4n) is 3.65. The number of carbonyl (C=O) groups is 1. The van der Waals surface area contributed by atoms with Gasteiger partial charge in [-0.15, -0.1) is 13.2 Å². The van der Waals surface area contributed by atoms with Crippen LogP contribution in [0, 0.1) is 13.8 Å². The smallest absolute Gasteiger partial charge is 0.478 e. The van der Waals surface area contributed by atoms with Gasteiger partial charge in [-0.25, -0.2) is 9.78 Å². The lowest BCUT2D eigenvalue weighted by molar-refractivity contribution is -0.274. The van der Waals surface area contributed by atoms with Crippen LogP contribution in [0.15, 0.2) is 48.9 Å². The molecule has 0 radical (unpaired) electrons. The first kappa shape index (κ1) is 24.6. The van der Waals surface area contributed by atoms with Crippen LogP contribution in [0.2, 0.25) is 0 Å². The predicted molar refractivity (Wildman–Crippen MR) is 125 cm³/mol. The Morgan fingerprint density at radius 1 is 1.19 bits per heavy atom. The van der Waals surface area contributed by atoms with Gasteiger partial charge in [-0.2, -0.15) is 9.78 Å². The van der Waals surface area contributed by atoms with Gasteiger partial charge in [0.05, 0.1) is 28.3 Å². The Labute approximate surface area is 203 Å². The van der Waals surface area contributed by atoms with E-state index in [4.69, 9.17) is 5.10 Å². The summed E-state index contributed by atoms with van der Waals surface area (Å²) in [5.41, 5.74) is 2.82. The zero-order valence-electron chi connectivity index (χ0n) is 19.5. The van der Waals surface area contributed by atoms with Crippen LogP contribution in [-0.4, -0.2) is 42.2 Å². The van der Waals surface area contributed by atoms with Gasteiger partial charge in [0.15, 0.2) is 5.82 Å². The number of pyridine rings is 1. The Morgan fingerprint density at radius 2 is 1.97 bits per heavy atom. The van der Waals surface area contributed by atoms with Gasteiger partial charge in [0, 0.05) is 29.7 Å². The molecule has 0 spiro atoms. The molecular formula is C24H21F3N6O3. The highest BCUT2D eigenvalue weighted by molar-refractivity contribution is 5.96. The van der Waals surface area contributed by atoms with Crippen LogP contribution >= 0.6 is 0 Å². The zero-order valence-corrected chi connectivity index (χ0v) is 19.5. The van der Waals surface area contributed by atoms with Gasteiger partial charge in [-0.05, 0) is 44.5 Å². The van der Waals surface area contributed by atoms with Gasteiger partial charge in [0.2, 0.25) is 0 Å². The lowest BCUT2D eigenvalue weighted by Gasteiger charge is -2.16. The van der Waals surface area contributed by atoms with E-state index in [1.807, 2.05) is 13.0 Å². The molecule has 12 heteroatoms. The van der Waals surface area contributed by atoms with E-state index < -0.39 is 23.6 Å². The number of aromatic carboxylic acids is 1. The molecule has 4 aromatic rings. The maximum Gasteiger partial charge on any atom is 0.573 e. The van der Waals surface area contributed by atoms with Crippen molar-refractivity contribution in [3.63, 3.8) is 0 Å². The molecule has 1 aromatic carbocycles. The summed E-state index contributed by atoms with van der Waals surface area (Å²) in [4.78, 5) is 25.1. The molecule has 0 aliphatic rings. The average molecular weight is 498 g/mol. The first-order valence-electron chi connectivity index (χ1n) is 10.8. The number of anilines is 2. The van der Waals surface area contributed by atoms with Crippen molar-refractivity contribution in [2.75, 3.05) is 5.32 Å². The Hall–Kier alpha value is -4.48. The van der Waals surface area contributed by atoms with Crippen LogP contribution in [0.5, 0.6) is 5.75 Å². The van der Waals surface area contributed by atoms with Gasteiger partial charge in [0.1, 0.15) is 11.6 Å². The highest BCUT2D eigenvalue weighted by atomic mass is 19.4. The number of aromatic nitrogens is 5. The fourth-order valence-corrected chi connectivity index (χ4v) is 3.65. The molecular weight excluding hydrogens is 477 g/mol. The molecule has 36 heavy (non-hydrogen) atoms. The first-order chi connectivity index (χ1) is 17.1. The third kappa shape index (κ3) is 5.11. The quantitative estimate of drug-likeness (QED) is 0.355. The summed E-state index contributed by atoms with van der Waals surface area (Å²) in [5.74, 6) is -1.33. The summed E-state index contributed by atoms with van der Waals surface area (Å²) >= 11 is 0. The third-order valence-corrected chi connectivity index (χ3v) is 5.20. The topological polar surface area (TPSA) is 115 Å². The molecule has 3 aromatic heterocycles. The number of aryl methyl sites for hydroxylation is 3. The van der Waals surface area contributed by atoms with E-state index >= 15 is 0 Å². The number of hydrogen-bond acceptors (Lipinski definition) is 7. The molecule has 0 saturated heterocycles. The lowest BCUT2D eigenvalue weighted by atomic mass is 10.1. The van der Waals surface area contributed by atoms with E-state index in [0.717, 1.165) is 12.1 Å². The number of rotatable bonds is 7. The summed E-state index contributed by atoms with van der Waals surface area (Å²) in [6.45, 7) is 5.45. The number of nitrogens with zero attached hydrogens (tertiary/aromatic N) is 5. The van der Waals surface area contributed by atoms with Gasteiger partial charge in [-0.1, -0.05) is 13.0 Å². The van der Waals surface area contributed by atoms with Crippen LogP contribution in [0.1, 0.15) is 34.4 Å². The Kier molecular flexibility index (Phi) is 6.60. The second-order valence-corrected chi connectivity index (χ2v) is 7.78. The second-order valence-electron chi connectivity index (χ2n) is 7.78. The van der Waals surface area contributed by atoms with E-state index in [-0.39, 0.29) is 5.69 Å². The van der Waals surface area contributed by atoms with Crippen molar-refractivity contribution < 1.29 is 27.8 Å². The molecule has 0 atom stereocenters. The maximum atomic E-state index is 12.7. The molecule has 9 nitrogen and oxygen atoms in total. The largest absolute Gasteiger partial charge is 0.573 e. The Balaban J connectivity index is 1.94. The summed E-state index contributed by atoms with van der Waals surface area (Å²) in [5, 5.41) is 17.5. The number of halogens is 3. The SMILES string of the molecule is CCc1nn(-c2nc(C)cnc2C)c(Nc2ccc(OC(F)(F)F)cc2C(=O)O)c1-c1cccnc1. The molecule has 186 valence electrons. The minimum absolute atomic E-state index is 0.0317. The number of hydrogen-bond donors (Lipinski definition) is 2. The molecule has 0 amide bonds. The van der Waals surface area contributed by atoms with Crippen molar-refractivity contribution in [1.29, 1.82) is 0 Å². The van der Waals surface area contributed by atoms with Gasteiger partial charge in [0.25, 0.3) is 0 Å². The number of carboxylic acids is 1. The summed E-state index contributed by atoms with van der Waals surface area (Å²) in [7, 11) is 0. The number of nitrogens with one attached hydrogen (secondary N) is 1.